The van der Waals surface area contributed by atoms with Gasteiger partial charge < -0.3 is 10.0 Å². The Balaban J connectivity index is 1.50. The average Bonchev–Trinajstić information content (AvgIpc) is 3.11. The van der Waals surface area contributed by atoms with E-state index in [2.05, 4.69) is 38.1 Å². The normalized spacial score (nSPS) is 19.1. The first-order valence-corrected chi connectivity index (χ1v) is 11.5. The van der Waals surface area contributed by atoms with E-state index in [9.17, 15) is 14.7 Å². The van der Waals surface area contributed by atoms with Gasteiger partial charge in [0.1, 0.15) is 0 Å². The molecular formula is C27H31NO3. The van der Waals surface area contributed by atoms with Crippen LogP contribution in [0.2, 0.25) is 0 Å². The van der Waals surface area contributed by atoms with Crippen molar-refractivity contribution in [3.05, 3.63) is 57.6 Å². The van der Waals surface area contributed by atoms with Gasteiger partial charge in [-0.25, -0.2) is 0 Å². The Kier molecular flexibility index (Phi) is 4.72. The van der Waals surface area contributed by atoms with Crippen molar-refractivity contribution >= 4 is 11.9 Å². The molecule has 1 N–H and O–H groups in total. The standard InChI is InChI=1S/C27H31NO3/c1-16-5-7-19(8-6-16)25-18(3)23-15-28(14-22(23)17(2)21(25)11-24(29)30)26(31)20-12-27(13-20)9-4-10-27/h5-8,20H,4,9-15H2,1-3H3,(H,29,30). The highest BCUT2D eigenvalue weighted by Gasteiger charge is 2.51. The van der Waals surface area contributed by atoms with Crippen LogP contribution in [-0.4, -0.2) is 21.9 Å². The lowest BCUT2D eigenvalue weighted by molar-refractivity contribution is -0.148. The van der Waals surface area contributed by atoms with Crippen LogP contribution in [0.1, 0.15) is 65.5 Å². The molecule has 1 amide bonds. The lowest BCUT2D eigenvalue weighted by atomic mass is 9.51. The molecule has 4 heteroatoms. The second kappa shape index (κ2) is 7.22. The van der Waals surface area contributed by atoms with Crippen molar-refractivity contribution in [2.45, 2.75) is 72.4 Å². The van der Waals surface area contributed by atoms with Crippen molar-refractivity contribution < 1.29 is 14.7 Å². The number of carboxylic acid groups (broad SMARTS) is 1. The summed E-state index contributed by atoms with van der Waals surface area (Å²) >= 11 is 0. The minimum absolute atomic E-state index is 0.00224. The molecule has 2 aliphatic carbocycles. The van der Waals surface area contributed by atoms with Crippen LogP contribution in [-0.2, 0) is 29.1 Å². The van der Waals surface area contributed by atoms with Crippen LogP contribution in [0.3, 0.4) is 0 Å². The first-order valence-electron chi connectivity index (χ1n) is 11.5. The van der Waals surface area contributed by atoms with Gasteiger partial charge in [0.25, 0.3) is 0 Å². The molecule has 162 valence electrons. The molecule has 1 spiro atoms. The number of aryl methyl sites for hydroxylation is 1. The van der Waals surface area contributed by atoms with E-state index >= 15 is 0 Å². The maximum atomic E-state index is 13.2. The topological polar surface area (TPSA) is 57.6 Å². The molecule has 0 aromatic heterocycles. The number of rotatable bonds is 4. The molecule has 1 heterocycles. The summed E-state index contributed by atoms with van der Waals surface area (Å²) in [7, 11) is 0. The summed E-state index contributed by atoms with van der Waals surface area (Å²) in [5.74, 6) is -0.337. The number of nitrogens with zero attached hydrogens (tertiary/aromatic N) is 1. The van der Waals surface area contributed by atoms with Gasteiger partial charge in [0, 0.05) is 19.0 Å². The molecule has 3 aliphatic rings. The van der Waals surface area contributed by atoms with Crippen molar-refractivity contribution in [3.63, 3.8) is 0 Å². The van der Waals surface area contributed by atoms with Crippen LogP contribution in [0.15, 0.2) is 24.3 Å². The molecule has 0 bridgehead atoms. The first-order chi connectivity index (χ1) is 14.8. The van der Waals surface area contributed by atoms with Crippen molar-refractivity contribution in [1.29, 1.82) is 0 Å². The van der Waals surface area contributed by atoms with Gasteiger partial charge in [-0.3, -0.25) is 9.59 Å². The lowest BCUT2D eigenvalue weighted by Gasteiger charge is -2.54. The Bertz CT molecular complexity index is 1070. The number of carbonyl (C=O) groups excluding carboxylic acids is 1. The molecule has 5 rings (SSSR count). The highest BCUT2D eigenvalue weighted by Crippen LogP contribution is 2.59. The number of carboxylic acids is 1. The highest BCUT2D eigenvalue weighted by atomic mass is 16.4. The minimum atomic E-state index is -0.818. The van der Waals surface area contributed by atoms with Crippen molar-refractivity contribution in [2.75, 3.05) is 0 Å². The lowest BCUT2D eigenvalue weighted by Crippen LogP contribution is -2.49. The van der Waals surface area contributed by atoms with Crippen LogP contribution in [0.25, 0.3) is 11.1 Å². The van der Waals surface area contributed by atoms with Crippen LogP contribution >= 0.6 is 0 Å². The molecule has 0 saturated heterocycles. The first kappa shape index (κ1) is 20.3. The van der Waals surface area contributed by atoms with Gasteiger partial charge in [0.15, 0.2) is 0 Å². The maximum absolute atomic E-state index is 13.2. The molecule has 0 unspecified atom stereocenters. The fourth-order valence-corrected chi connectivity index (χ4v) is 6.21. The SMILES string of the molecule is Cc1ccc(-c2c(C)c3c(c(C)c2CC(=O)O)CN(C(=O)C2CC4(CCC4)C2)C3)cc1. The predicted molar refractivity (Wildman–Crippen MR) is 121 cm³/mol. The molecule has 2 fully saturated rings. The third kappa shape index (κ3) is 3.28. The Morgan fingerprint density at radius 1 is 1.00 bits per heavy atom. The van der Waals surface area contributed by atoms with Gasteiger partial charge in [-0.2, -0.15) is 0 Å². The summed E-state index contributed by atoms with van der Waals surface area (Å²) in [6.45, 7) is 7.45. The van der Waals surface area contributed by atoms with E-state index in [1.165, 1.54) is 30.4 Å². The number of hydrogen-bond acceptors (Lipinski definition) is 2. The molecule has 2 aromatic rings. The zero-order chi connectivity index (χ0) is 21.9. The van der Waals surface area contributed by atoms with Crippen molar-refractivity contribution in [3.8, 4) is 11.1 Å². The third-order valence-corrected chi connectivity index (χ3v) is 8.20. The molecule has 1 aliphatic heterocycles. The quantitative estimate of drug-likeness (QED) is 0.732. The summed E-state index contributed by atoms with van der Waals surface area (Å²) in [4.78, 5) is 27.0. The smallest absolute Gasteiger partial charge is 0.307 e. The third-order valence-electron chi connectivity index (χ3n) is 8.20. The zero-order valence-corrected chi connectivity index (χ0v) is 18.8. The van der Waals surface area contributed by atoms with E-state index in [1.54, 1.807) is 0 Å². The molecule has 2 saturated carbocycles. The summed E-state index contributed by atoms with van der Waals surface area (Å²) in [6, 6.07) is 8.31. The summed E-state index contributed by atoms with van der Waals surface area (Å²) in [5, 5.41) is 9.61. The maximum Gasteiger partial charge on any atom is 0.307 e. The van der Waals surface area contributed by atoms with Crippen LogP contribution in [0.4, 0.5) is 0 Å². The molecule has 0 radical (unpaired) electrons. The molecule has 4 nitrogen and oxygen atoms in total. The van der Waals surface area contributed by atoms with Crippen molar-refractivity contribution in [1.82, 2.24) is 4.90 Å². The average molecular weight is 418 g/mol. The molecule has 31 heavy (non-hydrogen) atoms. The predicted octanol–water partition coefficient (Wildman–Crippen LogP) is 5.33. The summed E-state index contributed by atoms with van der Waals surface area (Å²) in [6.07, 6.45) is 6.05. The van der Waals surface area contributed by atoms with E-state index < -0.39 is 5.97 Å². The van der Waals surface area contributed by atoms with Crippen LogP contribution < -0.4 is 0 Å². The Labute approximate surface area is 184 Å². The number of aliphatic carboxylic acids is 1. The highest BCUT2D eigenvalue weighted by molar-refractivity contribution is 5.84. The fraction of sp³-hybridized carbons (Fsp3) is 0.481. The second-order valence-corrected chi connectivity index (χ2v) is 10.2. The molecular weight excluding hydrogens is 386 g/mol. The number of amides is 1. The second-order valence-electron chi connectivity index (χ2n) is 10.2. The zero-order valence-electron chi connectivity index (χ0n) is 18.8. The van der Waals surface area contributed by atoms with Gasteiger partial charge in [0.2, 0.25) is 5.91 Å². The van der Waals surface area contributed by atoms with Gasteiger partial charge in [-0.15, -0.1) is 0 Å². The number of fused-ring (bicyclic) bond motifs is 1. The fourth-order valence-electron chi connectivity index (χ4n) is 6.21. The number of benzene rings is 2. The van der Waals surface area contributed by atoms with Crippen molar-refractivity contribution in [2.24, 2.45) is 11.3 Å². The Morgan fingerprint density at radius 3 is 2.16 bits per heavy atom. The summed E-state index contributed by atoms with van der Waals surface area (Å²) < 4.78 is 0. The van der Waals surface area contributed by atoms with E-state index in [0.29, 0.717) is 24.4 Å². The van der Waals surface area contributed by atoms with Gasteiger partial charge >= 0.3 is 5.97 Å². The van der Waals surface area contributed by atoms with Gasteiger partial charge in [0.05, 0.1) is 6.42 Å². The largest absolute Gasteiger partial charge is 0.481 e. The van der Waals surface area contributed by atoms with E-state index in [1.807, 2.05) is 11.8 Å². The van der Waals surface area contributed by atoms with Gasteiger partial charge in [-0.05, 0) is 90.8 Å². The van der Waals surface area contributed by atoms with Gasteiger partial charge in [-0.1, -0.05) is 36.2 Å². The monoisotopic (exact) mass is 417 g/mol. The molecule has 0 atom stereocenters. The summed E-state index contributed by atoms with van der Waals surface area (Å²) in [5.41, 5.74) is 9.19. The molecule has 2 aromatic carbocycles. The Morgan fingerprint density at radius 2 is 1.61 bits per heavy atom. The van der Waals surface area contributed by atoms with Crippen LogP contribution in [0, 0.1) is 32.1 Å². The number of carbonyl (C=O) groups is 2. The van der Waals surface area contributed by atoms with E-state index in [0.717, 1.165) is 46.2 Å². The van der Waals surface area contributed by atoms with E-state index in [4.69, 9.17) is 0 Å². The Hall–Kier alpha value is -2.62. The van der Waals surface area contributed by atoms with E-state index in [-0.39, 0.29) is 12.3 Å². The van der Waals surface area contributed by atoms with Crippen LogP contribution in [0.5, 0.6) is 0 Å². The number of hydrogen-bond donors (Lipinski definition) is 1. The minimum Gasteiger partial charge on any atom is -0.481 e.